The quantitative estimate of drug-likeness (QED) is 0.719. The summed E-state index contributed by atoms with van der Waals surface area (Å²) in [6.45, 7) is 3.74. The maximum Gasteiger partial charge on any atom is 0.307 e. The molecule has 21 heavy (non-hydrogen) atoms. The number of nitrogens with one attached hydrogen (secondary N) is 1. The van der Waals surface area contributed by atoms with Crippen molar-refractivity contribution in [1.29, 1.82) is 0 Å². The highest BCUT2D eigenvalue weighted by molar-refractivity contribution is 5.71. The summed E-state index contributed by atoms with van der Waals surface area (Å²) < 4.78 is 0. The van der Waals surface area contributed by atoms with E-state index in [0.29, 0.717) is 18.1 Å². The Bertz CT molecular complexity index is 581. The van der Waals surface area contributed by atoms with Crippen molar-refractivity contribution in [3.63, 3.8) is 0 Å². The van der Waals surface area contributed by atoms with Crippen LogP contribution in [-0.4, -0.2) is 36.7 Å². The number of aromatic amines is 1. The monoisotopic (exact) mass is 290 g/mol. The van der Waals surface area contributed by atoms with Gasteiger partial charge in [0, 0.05) is 12.1 Å². The number of carboxylic acids is 1. The van der Waals surface area contributed by atoms with Crippen molar-refractivity contribution in [2.24, 2.45) is 11.8 Å². The third-order valence-corrected chi connectivity index (χ3v) is 3.43. The number of aromatic nitrogens is 5. The van der Waals surface area contributed by atoms with Crippen LogP contribution in [0.4, 0.5) is 5.82 Å². The van der Waals surface area contributed by atoms with Crippen LogP contribution in [-0.2, 0) is 11.2 Å². The molecule has 2 aromatic rings. The molecule has 0 aliphatic carbocycles. The van der Waals surface area contributed by atoms with Gasteiger partial charge in [-0.25, -0.2) is 4.98 Å². The van der Waals surface area contributed by atoms with Gasteiger partial charge < -0.3 is 10.8 Å². The van der Waals surface area contributed by atoms with Gasteiger partial charge in [-0.05, 0) is 24.0 Å². The lowest BCUT2D eigenvalue weighted by molar-refractivity contribution is -0.144. The molecule has 0 bridgehead atoms. The zero-order valence-corrected chi connectivity index (χ0v) is 11.9. The smallest absolute Gasteiger partial charge is 0.307 e. The fourth-order valence-corrected chi connectivity index (χ4v) is 2.44. The van der Waals surface area contributed by atoms with Gasteiger partial charge in [0.1, 0.15) is 5.82 Å². The number of nitrogen functional groups attached to an aromatic ring is 1. The summed E-state index contributed by atoms with van der Waals surface area (Å²) in [5.74, 6) is -1.11. The predicted octanol–water partition coefficient (Wildman–Crippen LogP) is 0.860. The molecule has 2 heterocycles. The number of tetrazole rings is 1. The van der Waals surface area contributed by atoms with E-state index in [9.17, 15) is 9.90 Å². The second kappa shape index (κ2) is 6.29. The van der Waals surface area contributed by atoms with Gasteiger partial charge in [0.25, 0.3) is 0 Å². The summed E-state index contributed by atoms with van der Waals surface area (Å²) in [6.07, 6.45) is 2.10. The van der Waals surface area contributed by atoms with E-state index in [4.69, 9.17) is 5.73 Å². The minimum absolute atomic E-state index is 0.0623. The number of H-pyrrole nitrogens is 1. The van der Waals surface area contributed by atoms with E-state index in [-0.39, 0.29) is 11.8 Å². The standard InChI is InChI=1S/C13H18N6O2/c1-7(2)11(13(20)21)9(12-16-18-19-17-12)5-8-3-4-10(14)15-6-8/h3-4,6-7,9,11H,5H2,1-2H3,(H2,14,15)(H,20,21)(H,16,17,18,19). The number of pyridine rings is 1. The molecular weight excluding hydrogens is 272 g/mol. The molecule has 0 aromatic carbocycles. The number of nitrogens with two attached hydrogens (primary N) is 1. The number of carboxylic acid groups (broad SMARTS) is 1. The second-order valence-electron chi connectivity index (χ2n) is 5.28. The minimum atomic E-state index is -0.872. The Morgan fingerprint density at radius 1 is 1.43 bits per heavy atom. The number of anilines is 1. The Kier molecular flexibility index (Phi) is 4.46. The SMILES string of the molecule is CC(C)C(C(=O)O)C(Cc1ccc(N)nc1)c1nn[nH]n1. The lowest BCUT2D eigenvalue weighted by Gasteiger charge is -2.24. The fraction of sp³-hybridized carbons (Fsp3) is 0.462. The van der Waals surface area contributed by atoms with E-state index < -0.39 is 11.9 Å². The van der Waals surface area contributed by atoms with Gasteiger partial charge in [-0.3, -0.25) is 4.79 Å². The van der Waals surface area contributed by atoms with Crippen molar-refractivity contribution in [1.82, 2.24) is 25.6 Å². The predicted molar refractivity (Wildman–Crippen MR) is 75.2 cm³/mol. The van der Waals surface area contributed by atoms with Gasteiger partial charge >= 0.3 is 5.97 Å². The number of hydrogen-bond acceptors (Lipinski definition) is 6. The van der Waals surface area contributed by atoms with Crippen molar-refractivity contribution in [3.05, 3.63) is 29.7 Å². The van der Waals surface area contributed by atoms with Crippen molar-refractivity contribution >= 4 is 11.8 Å². The average Bonchev–Trinajstić information content (AvgIpc) is 2.93. The zero-order chi connectivity index (χ0) is 15.4. The van der Waals surface area contributed by atoms with Gasteiger partial charge in [-0.1, -0.05) is 25.1 Å². The molecule has 8 nitrogen and oxygen atoms in total. The maximum absolute atomic E-state index is 11.6. The summed E-state index contributed by atoms with van der Waals surface area (Å²) in [7, 11) is 0. The molecule has 4 N–H and O–H groups in total. The fourth-order valence-electron chi connectivity index (χ4n) is 2.44. The number of carbonyl (C=O) groups is 1. The Balaban J connectivity index is 2.32. The van der Waals surface area contributed by atoms with Crippen molar-refractivity contribution in [2.45, 2.75) is 26.2 Å². The molecule has 0 saturated heterocycles. The molecule has 0 radical (unpaired) electrons. The molecule has 0 aliphatic rings. The molecule has 2 rings (SSSR count). The van der Waals surface area contributed by atoms with Crippen LogP contribution >= 0.6 is 0 Å². The first-order valence-electron chi connectivity index (χ1n) is 6.65. The molecule has 8 heteroatoms. The topological polar surface area (TPSA) is 131 Å². The highest BCUT2D eigenvalue weighted by atomic mass is 16.4. The van der Waals surface area contributed by atoms with Crippen molar-refractivity contribution in [3.8, 4) is 0 Å². The van der Waals surface area contributed by atoms with Crippen LogP contribution in [0.2, 0.25) is 0 Å². The summed E-state index contributed by atoms with van der Waals surface area (Å²) >= 11 is 0. The normalized spacial score (nSPS) is 14.0. The molecule has 2 unspecified atom stereocenters. The molecule has 2 atom stereocenters. The van der Waals surface area contributed by atoms with Crippen LogP contribution in [0.25, 0.3) is 0 Å². The summed E-state index contributed by atoms with van der Waals surface area (Å²) in [5.41, 5.74) is 6.44. The van der Waals surface area contributed by atoms with Gasteiger partial charge in [0.2, 0.25) is 0 Å². The molecule has 0 saturated carbocycles. The summed E-state index contributed by atoms with van der Waals surface area (Å²) in [4.78, 5) is 15.6. The van der Waals surface area contributed by atoms with Crippen LogP contribution in [0.15, 0.2) is 18.3 Å². The summed E-state index contributed by atoms with van der Waals surface area (Å²) in [5, 5.41) is 23.3. The number of hydrogen-bond donors (Lipinski definition) is 3. The Labute approximate surface area is 121 Å². The number of aliphatic carboxylic acids is 1. The van der Waals surface area contributed by atoms with Gasteiger partial charge in [-0.15, -0.1) is 10.2 Å². The average molecular weight is 290 g/mol. The molecule has 2 aromatic heterocycles. The summed E-state index contributed by atoms with van der Waals surface area (Å²) in [6, 6.07) is 3.52. The van der Waals surface area contributed by atoms with Crippen LogP contribution in [0.5, 0.6) is 0 Å². The van der Waals surface area contributed by atoms with Crippen LogP contribution in [0.1, 0.15) is 31.2 Å². The van der Waals surface area contributed by atoms with E-state index in [1.54, 1.807) is 12.3 Å². The van der Waals surface area contributed by atoms with Crippen molar-refractivity contribution < 1.29 is 9.90 Å². The molecule has 112 valence electrons. The van der Waals surface area contributed by atoms with E-state index >= 15 is 0 Å². The number of rotatable bonds is 6. The van der Waals surface area contributed by atoms with E-state index in [1.165, 1.54) is 0 Å². The van der Waals surface area contributed by atoms with Crippen LogP contribution in [0.3, 0.4) is 0 Å². The third-order valence-electron chi connectivity index (χ3n) is 3.43. The maximum atomic E-state index is 11.6. The Morgan fingerprint density at radius 2 is 2.19 bits per heavy atom. The van der Waals surface area contributed by atoms with Crippen LogP contribution < -0.4 is 5.73 Å². The van der Waals surface area contributed by atoms with E-state index in [1.807, 2.05) is 19.9 Å². The molecule has 0 aliphatic heterocycles. The van der Waals surface area contributed by atoms with E-state index in [2.05, 4.69) is 25.6 Å². The highest BCUT2D eigenvalue weighted by Gasteiger charge is 2.34. The van der Waals surface area contributed by atoms with E-state index in [0.717, 1.165) is 5.56 Å². The van der Waals surface area contributed by atoms with Gasteiger partial charge in [0.05, 0.1) is 5.92 Å². The second-order valence-corrected chi connectivity index (χ2v) is 5.28. The van der Waals surface area contributed by atoms with Gasteiger partial charge in [0.15, 0.2) is 5.82 Å². The largest absolute Gasteiger partial charge is 0.481 e. The van der Waals surface area contributed by atoms with Crippen LogP contribution in [0, 0.1) is 11.8 Å². The molecule has 0 fully saturated rings. The molecular formula is C13H18N6O2. The minimum Gasteiger partial charge on any atom is -0.481 e. The lowest BCUT2D eigenvalue weighted by Crippen LogP contribution is -2.29. The highest BCUT2D eigenvalue weighted by Crippen LogP contribution is 2.31. The Morgan fingerprint density at radius 3 is 2.67 bits per heavy atom. The van der Waals surface area contributed by atoms with Crippen molar-refractivity contribution in [2.75, 3.05) is 5.73 Å². The first-order valence-corrected chi connectivity index (χ1v) is 6.65. The van der Waals surface area contributed by atoms with Gasteiger partial charge in [-0.2, -0.15) is 5.21 Å². The zero-order valence-electron chi connectivity index (χ0n) is 11.9. The molecule has 0 spiro atoms. The first-order chi connectivity index (χ1) is 9.99. The first kappa shape index (κ1) is 14.9. The third kappa shape index (κ3) is 3.53. The lowest BCUT2D eigenvalue weighted by atomic mass is 9.79. The molecule has 0 amide bonds. The Hall–Kier alpha value is -2.51. The number of nitrogens with zero attached hydrogens (tertiary/aromatic N) is 4.